The van der Waals surface area contributed by atoms with Crippen molar-refractivity contribution in [2.45, 2.75) is 13.0 Å². The normalized spacial score (nSPS) is 12.1. The Bertz CT molecular complexity index is 512. The molecule has 5 heteroatoms. The Morgan fingerprint density at radius 2 is 2.12 bits per heavy atom. The summed E-state index contributed by atoms with van der Waals surface area (Å²) in [6.07, 6.45) is 0.721. The molecule has 1 aromatic heterocycles. The maximum absolute atomic E-state index is 10.7. The summed E-state index contributed by atoms with van der Waals surface area (Å²) in [5.41, 5.74) is 1.16. The SMILES string of the molecule is CC(Nc1nc(Cl)c(C=O)s1)c1ccccc1. The Morgan fingerprint density at radius 1 is 1.41 bits per heavy atom. The van der Waals surface area contributed by atoms with Gasteiger partial charge in [0, 0.05) is 0 Å². The Kier molecular flexibility index (Phi) is 3.76. The minimum Gasteiger partial charge on any atom is -0.355 e. The van der Waals surface area contributed by atoms with Gasteiger partial charge in [-0.3, -0.25) is 4.79 Å². The number of nitrogens with zero attached hydrogens (tertiary/aromatic N) is 1. The zero-order valence-electron chi connectivity index (χ0n) is 9.18. The first-order valence-corrected chi connectivity index (χ1v) is 6.33. The van der Waals surface area contributed by atoms with Crippen LogP contribution >= 0.6 is 22.9 Å². The van der Waals surface area contributed by atoms with Gasteiger partial charge >= 0.3 is 0 Å². The lowest BCUT2D eigenvalue weighted by Gasteiger charge is -2.12. The summed E-state index contributed by atoms with van der Waals surface area (Å²) in [7, 11) is 0. The molecule has 0 aliphatic heterocycles. The third-order valence-electron chi connectivity index (χ3n) is 2.36. The summed E-state index contributed by atoms with van der Waals surface area (Å²) >= 11 is 7.06. The Labute approximate surface area is 108 Å². The fourth-order valence-corrected chi connectivity index (χ4v) is 2.51. The van der Waals surface area contributed by atoms with Crippen LogP contribution in [-0.2, 0) is 0 Å². The summed E-state index contributed by atoms with van der Waals surface area (Å²) in [6.45, 7) is 2.03. The van der Waals surface area contributed by atoms with Crippen molar-refractivity contribution >= 4 is 34.4 Å². The average molecular weight is 267 g/mol. The first-order valence-electron chi connectivity index (χ1n) is 5.13. The molecule has 0 amide bonds. The van der Waals surface area contributed by atoms with Crippen molar-refractivity contribution in [2.75, 3.05) is 5.32 Å². The van der Waals surface area contributed by atoms with E-state index < -0.39 is 0 Å². The molecule has 2 rings (SSSR count). The number of thiazole rings is 1. The molecule has 0 radical (unpaired) electrons. The highest BCUT2D eigenvalue weighted by molar-refractivity contribution is 7.17. The number of carbonyl (C=O) groups is 1. The lowest BCUT2D eigenvalue weighted by atomic mass is 10.1. The summed E-state index contributed by atoms with van der Waals surface area (Å²) < 4.78 is 0. The van der Waals surface area contributed by atoms with Crippen LogP contribution in [0.1, 0.15) is 28.2 Å². The number of hydrogen-bond donors (Lipinski definition) is 1. The van der Waals surface area contributed by atoms with Crippen LogP contribution in [-0.4, -0.2) is 11.3 Å². The van der Waals surface area contributed by atoms with Crippen LogP contribution < -0.4 is 5.32 Å². The molecule has 0 aliphatic rings. The monoisotopic (exact) mass is 266 g/mol. The highest BCUT2D eigenvalue weighted by Crippen LogP contribution is 2.28. The Morgan fingerprint density at radius 3 is 2.71 bits per heavy atom. The minimum atomic E-state index is 0.123. The van der Waals surface area contributed by atoms with Gasteiger partial charge in [-0.15, -0.1) is 0 Å². The van der Waals surface area contributed by atoms with E-state index in [0.717, 1.165) is 11.8 Å². The predicted octanol–water partition coefficient (Wildman–Crippen LogP) is 3.78. The highest BCUT2D eigenvalue weighted by Gasteiger charge is 2.11. The molecule has 17 heavy (non-hydrogen) atoms. The molecule has 0 saturated heterocycles. The first kappa shape index (κ1) is 12.1. The molecule has 1 unspecified atom stereocenters. The van der Waals surface area contributed by atoms with Crippen LogP contribution in [0.3, 0.4) is 0 Å². The van der Waals surface area contributed by atoms with Gasteiger partial charge in [0.1, 0.15) is 4.88 Å². The molecule has 0 aliphatic carbocycles. The van der Waals surface area contributed by atoms with Gasteiger partial charge in [-0.1, -0.05) is 53.3 Å². The molecule has 88 valence electrons. The van der Waals surface area contributed by atoms with Crippen molar-refractivity contribution in [1.29, 1.82) is 0 Å². The molecule has 1 atom stereocenters. The van der Waals surface area contributed by atoms with Gasteiger partial charge in [0.2, 0.25) is 0 Å². The van der Waals surface area contributed by atoms with Gasteiger partial charge in [0.25, 0.3) is 0 Å². The predicted molar refractivity (Wildman–Crippen MR) is 71.0 cm³/mol. The number of anilines is 1. The van der Waals surface area contributed by atoms with E-state index in [1.54, 1.807) is 0 Å². The lowest BCUT2D eigenvalue weighted by molar-refractivity contribution is 0.112. The summed E-state index contributed by atoms with van der Waals surface area (Å²) in [6, 6.07) is 10.1. The van der Waals surface area contributed by atoms with Crippen LogP contribution in [0.4, 0.5) is 5.13 Å². The Hall–Kier alpha value is -1.39. The summed E-state index contributed by atoms with van der Waals surface area (Å²) in [5.74, 6) is 0. The third-order valence-corrected chi connectivity index (χ3v) is 3.67. The average Bonchev–Trinajstić information content (AvgIpc) is 2.70. The van der Waals surface area contributed by atoms with Crippen molar-refractivity contribution in [2.24, 2.45) is 0 Å². The number of halogens is 1. The number of rotatable bonds is 4. The zero-order chi connectivity index (χ0) is 12.3. The first-order chi connectivity index (χ1) is 8.20. The second-order valence-corrected chi connectivity index (χ2v) is 4.96. The zero-order valence-corrected chi connectivity index (χ0v) is 10.8. The third kappa shape index (κ3) is 2.84. The molecular formula is C12H11ClN2OS. The van der Waals surface area contributed by atoms with E-state index in [1.165, 1.54) is 11.3 Å². The number of aldehydes is 1. The second-order valence-electron chi connectivity index (χ2n) is 3.57. The quantitative estimate of drug-likeness (QED) is 0.857. The molecule has 1 heterocycles. The molecule has 0 bridgehead atoms. The van der Waals surface area contributed by atoms with E-state index in [4.69, 9.17) is 11.6 Å². The van der Waals surface area contributed by atoms with Crippen LogP contribution in [0, 0.1) is 0 Å². The lowest BCUT2D eigenvalue weighted by Crippen LogP contribution is -2.05. The topological polar surface area (TPSA) is 42.0 Å². The van der Waals surface area contributed by atoms with Gasteiger partial charge in [-0.2, -0.15) is 0 Å². The van der Waals surface area contributed by atoms with E-state index in [-0.39, 0.29) is 11.2 Å². The van der Waals surface area contributed by atoms with Crippen molar-refractivity contribution in [3.05, 3.63) is 45.9 Å². The largest absolute Gasteiger partial charge is 0.355 e. The van der Waals surface area contributed by atoms with E-state index in [0.29, 0.717) is 10.0 Å². The van der Waals surface area contributed by atoms with Crippen molar-refractivity contribution in [3.63, 3.8) is 0 Å². The standard InChI is InChI=1S/C12H11ClN2OS/c1-8(9-5-3-2-4-6-9)14-12-15-11(13)10(7-16)17-12/h2-8H,1H3,(H,14,15). The van der Waals surface area contributed by atoms with Crippen molar-refractivity contribution < 1.29 is 4.79 Å². The molecular weight excluding hydrogens is 256 g/mol. The van der Waals surface area contributed by atoms with Crippen molar-refractivity contribution in [3.8, 4) is 0 Å². The fraction of sp³-hybridized carbons (Fsp3) is 0.167. The van der Waals surface area contributed by atoms with Gasteiger partial charge < -0.3 is 5.32 Å². The molecule has 1 N–H and O–H groups in total. The van der Waals surface area contributed by atoms with Gasteiger partial charge in [0.15, 0.2) is 16.6 Å². The van der Waals surface area contributed by atoms with E-state index in [1.807, 2.05) is 37.3 Å². The second kappa shape index (κ2) is 5.29. The van der Waals surface area contributed by atoms with Crippen molar-refractivity contribution in [1.82, 2.24) is 4.98 Å². The Balaban J connectivity index is 2.13. The number of benzene rings is 1. The molecule has 1 aromatic carbocycles. The van der Waals surface area contributed by atoms with E-state index in [9.17, 15) is 4.79 Å². The molecule has 0 saturated carbocycles. The smallest absolute Gasteiger partial charge is 0.185 e. The maximum Gasteiger partial charge on any atom is 0.185 e. The summed E-state index contributed by atoms with van der Waals surface area (Å²) in [4.78, 5) is 15.2. The summed E-state index contributed by atoms with van der Waals surface area (Å²) in [5, 5.41) is 4.14. The van der Waals surface area contributed by atoms with Gasteiger partial charge in [-0.25, -0.2) is 4.98 Å². The minimum absolute atomic E-state index is 0.123. The fourth-order valence-electron chi connectivity index (χ4n) is 1.46. The maximum atomic E-state index is 10.7. The van der Waals surface area contributed by atoms with Crippen LogP contribution in [0.25, 0.3) is 0 Å². The number of carbonyl (C=O) groups excluding carboxylic acids is 1. The number of aromatic nitrogens is 1. The van der Waals surface area contributed by atoms with Crippen LogP contribution in [0.2, 0.25) is 5.15 Å². The molecule has 2 aromatic rings. The van der Waals surface area contributed by atoms with Crippen LogP contribution in [0.5, 0.6) is 0 Å². The molecule has 0 spiro atoms. The van der Waals surface area contributed by atoms with Crippen LogP contribution in [0.15, 0.2) is 30.3 Å². The van der Waals surface area contributed by atoms with E-state index >= 15 is 0 Å². The molecule has 0 fully saturated rings. The number of hydrogen-bond acceptors (Lipinski definition) is 4. The van der Waals surface area contributed by atoms with Gasteiger partial charge in [0.05, 0.1) is 6.04 Å². The number of nitrogens with one attached hydrogen (secondary N) is 1. The highest BCUT2D eigenvalue weighted by atomic mass is 35.5. The van der Waals surface area contributed by atoms with E-state index in [2.05, 4.69) is 10.3 Å². The van der Waals surface area contributed by atoms with Gasteiger partial charge in [-0.05, 0) is 12.5 Å². The molecule has 3 nitrogen and oxygen atoms in total.